The van der Waals surface area contributed by atoms with E-state index in [2.05, 4.69) is 15.3 Å². The number of nitrogens with one attached hydrogen (secondary N) is 1. The second-order valence-corrected chi connectivity index (χ2v) is 5.42. The van der Waals surface area contributed by atoms with Crippen molar-refractivity contribution >= 4 is 34.1 Å². The maximum Gasteiger partial charge on any atom is 0.163 e. The fraction of sp³-hybridized carbons (Fsp3) is 0.200. The summed E-state index contributed by atoms with van der Waals surface area (Å²) in [6, 6.07) is 5.50. The molecule has 0 amide bonds. The van der Waals surface area contributed by atoms with E-state index in [1.54, 1.807) is 18.6 Å². The molecule has 0 unspecified atom stereocenters. The van der Waals surface area contributed by atoms with E-state index in [1.807, 2.05) is 23.7 Å². The van der Waals surface area contributed by atoms with Gasteiger partial charge in [-0.05, 0) is 0 Å². The van der Waals surface area contributed by atoms with Gasteiger partial charge in [-0.3, -0.25) is 0 Å². The zero-order valence-electron chi connectivity index (χ0n) is 11.8. The Morgan fingerprint density at radius 1 is 1.14 bits per heavy atom. The molecular formula is C15H13ClN4O2. The maximum absolute atomic E-state index is 6.30. The molecule has 3 heterocycles. The highest BCUT2D eigenvalue weighted by Crippen LogP contribution is 2.38. The van der Waals surface area contributed by atoms with Crippen molar-refractivity contribution in [3.63, 3.8) is 0 Å². The first-order valence-electron chi connectivity index (χ1n) is 6.84. The second-order valence-electron chi connectivity index (χ2n) is 5.01. The molecule has 0 aliphatic carbocycles. The summed E-state index contributed by atoms with van der Waals surface area (Å²) in [5, 5.41) is 3.76. The first kappa shape index (κ1) is 13.2. The number of halogens is 1. The van der Waals surface area contributed by atoms with Crippen molar-refractivity contribution in [1.82, 2.24) is 14.5 Å². The molecule has 3 aromatic rings. The molecule has 1 aliphatic rings. The summed E-state index contributed by atoms with van der Waals surface area (Å²) in [6.07, 6.45) is 3.48. The van der Waals surface area contributed by atoms with Crippen LogP contribution < -0.4 is 14.8 Å². The number of imidazole rings is 1. The number of aryl methyl sites for hydroxylation is 1. The number of benzene rings is 1. The molecule has 112 valence electrons. The zero-order valence-corrected chi connectivity index (χ0v) is 12.6. The van der Waals surface area contributed by atoms with Crippen LogP contribution in [0, 0.1) is 0 Å². The van der Waals surface area contributed by atoms with Crippen molar-refractivity contribution in [2.75, 3.05) is 18.5 Å². The minimum atomic E-state index is 0.535. The molecular weight excluding hydrogens is 304 g/mol. The predicted molar refractivity (Wildman–Crippen MR) is 84.2 cm³/mol. The quantitative estimate of drug-likeness (QED) is 0.787. The van der Waals surface area contributed by atoms with E-state index < -0.39 is 0 Å². The number of fused-ring (bicyclic) bond motifs is 2. The molecule has 1 aliphatic heterocycles. The number of aromatic nitrogens is 3. The molecule has 6 nitrogen and oxygen atoms in total. The van der Waals surface area contributed by atoms with Crippen LogP contribution in [0.15, 0.2) is 30.7 Å². The van der Waals surface area contributed by atoms with Gasteiger partial charge in [0.1, 0.15) is 24.5 Å². The molecule has 0 radical (unpaired) electrons. The Morgan fingerprint density at radius 2 is 1.91 bits per heavy atom. The molecule has 0 bridgehead atoms. The van der Waals surface area contributed by atoms with Gasteiger partial charge >= 0.3 is 0 Å². The normalized spacial score (nSPS) is 13.4. The summed E-state index contributed by atoms with van der Waals surface area (Å²) < 4.78 is 13.0. The van der Waals surface area contributed by atoms with Crippen LogP contribution in [0.3, 0.4) is 0 Å². The minimum absolute atomic E-state index is 0.535. The molecule has 4 rings (SSSR count). The monoisotopic (exact) mass is 316 g/mol. The molecule has 7 heteroatoms. The predicted octanol–water partition coefficient (Wildman–Crippen LogP) is 3.14. The van der Waals surface area contributed by atoms with Crippen molar-refractivity contribution in [3.05, 3.63) is 35.7 Å². The molecule has 0 saturated heterocycles. The van der Waals surface area contributed by atoms with Gasteiger partial charge < -0.3 is 19.4 Å². The van der Waals surface area contributed by atoms with Crippen LogP contribution in [-0.4, -0.2) is 27.7 Å². The second kappa shape index (κ2) is 5.06. The van der Waals surface area contributed by atoms with Crippen LogP contribution in [0.25, 0.3) is 11.0 Å². The highest BCUT2D eigenvalue weighted by Gasteiger charge is 2.15. The summed E-state index contributed by atoms with van der Waals surface area (Å²) in [5.74, 6) is 2.03. The summed E-state index contributed by atoms with van der Waals surface area (Å²) >= 11 is 6.30. The Bertz CT molecular complexity index is 862. The average Bonchev–Trinajstić information content (AvgIpc) is 2.89. The Morgan fingerprint density at radius 3 is 2.73 bits per heavy atom. The van der Waals surface area contributed by atoms with E-state index in [0.29, 0.717) is 35.6 Å². The molecule has 2 aromatic heterocycles. The lowest BCUT2D eigenvalue weighted by Crippen LogP contribution is -2.15. The van der Waals surface area contributed by atoms with Gasteiger partial charge in [0.05, 0.1) is 28.8 Å². The van der Waals surface area contributed by atoms with Crippen molar-refractivity contribution in [2.45, 2.75) is 0 Å². The van der Waals surface area contributed by atoms with Crippen LogP contribution in [-0.2, 0) is 7.05 Å². The van der Waals surface area contributed by atoms with Gasteiger partial charge in [0.25, 0.3) is 0 Å². The molecule has 0 atom stereocenters. The summed E-state index contributed by atoms with van der Waals surface area (Å²) in [5.41, 5.74) is 2.56. The fourth-order valence-electron chi connectivity index (χ4n) is 2.40. The highest BCUT2D eigenvalue weighted by molar-refractivity contribution is 6.33. The first-order valence-corrected chi connectivity index (χ1v) is 7.22. The Kier molecular flexibility index (Phi) is 3.04. The van der Waals surface area contributed by atoms with Gasteiger partial charge in [-0.1, -0.05) is 11.6 Å². The third kappa shape index (κ3) is 2.21. The van der Waals surface area contributed by atoms with Crippen molar-refractivity contribution in [2.24, 2.45) is 7.05 Å². The molecule has 22 heavy (non-hydrogen) atoms. The number of anilines is 2. The van der Waals surface area contributed by atoms with Crippen LogP contribution >= 0.6 is 11.6 Å². The van der Waals surface area contributed by atoms with E-state index in [0.717, 1.165) is 16.7 Å². The number of nitrogens with zero attached hydrogens (tertiary/aromatic N) is 3. The Labute approximate surface area is 131 Å². The Hall–Kier alpha value is -2.47. The summed E-state index contributed by atoms with van der Waals surface area (Å²) in [4.78, 5) is 8.60. The van der Waals surface area contributed by atoms with Crippen molar-refractivity contribution in [3.8, 4) is 11.5 Å². The third-order valence-corrected chi connectivity index (χ3v) is 3.82. The van der Waals surface area contributed by atoms with Gasteiger partial charge in [0.15, 0.2) is 11.5 Å². The zero-order chi connectivity index (χ0) is 15.1. The van der Waals surface area contributed by atoms with E-state index in [-0.39, 0.29) is 0 Å². The number of ether oxygens (including phenoxy) is 2. The van der Waals surface area contributed by atoms with Crippen LogP contribution in [0.1, 0.15) is 0 Å². The van der Waals surface area contributed by atoms with Crippen LogP contribution in [0.2, 0.25) is 5.02 Å². The third-order valence-electron chi connectivity index (χ3n) is 3.51. The lowest BCUT2D eigenvalue weighted by Gasteiger charge is -2.20. The average molecular weight is 317 g/mol. The largest absolute Gasteiger partial charge is 0.486 e. The number of hydrogen-bond acceptors (Lipinski definition) is 5. The topological polar surface area (TPSA) is 61.2 Å². The minimum Gasteiger partial charge on any atom is -0.486 e. The number of pyridine rings is 1. The molecule has 1 N–H and O–H groups in total. The standard InChI is InChI=1S/C15H13ClN4O2/c1-20-8-18-11-7-17-15(6-12(11)20)19-10-5-14-13(4-9(10)16)21-2-3-22-14/h4-8H,2-3H2,1H3,(H,17,19). The van der Waals surface area contributed by atoms with Gasteiger partial charge in [-0.25, -0.2) is 9.97 Å². The lowest BCUT2D eigenvalue weighted by molar-refractivity contribution is 0.171. The van der Waals surface area contributed by atoms with Gasteiger partial charge in [0, 0.05) is 25.2 Å². The fourth-order valence-corrected chi connectivity index (χ4v) is 2.60. The van der Waals surface area contributed by atoms with Gasteiger partial charge in [-0.2, -0.15) is 0 Å². The maximum atomic E-state index is 6.30. The van der Waals surface area contributed by atoms with E-state index in [4.69, 9.17) is 21.1 Å². The van der Waals surface area contributed by atoms with Crippen molar-refractivity contribution in [1.29, 1.82) is 0 Å². The summed E-state index contributed by atoms with van der Waals surface area (Å²) in [7, 11) is 1.94. The summed E-state index contributed by atoms with van der Waals surface area (Å²) in [6.45, 7) is 1.07. The van der Waals surface area contributed by atoms with Crippen LogP contribution in [0.5, 0.6) is 11.5 Å². The molecule has 0 saturated carbocycles. The van der Waals surface area contributed by atoms with Gasteiger partial charge in [0.2, 0.25) is 0 Å². The SMILES string of the molecule is Cn1cnc2cnc(Nc3cc4c(cc3Cl)OCCO4)cc21. The van der Waals surface area contributed by atoms with Crippen molar-refractivity contribution < 1.29 is 9.47 Å². The van der Waals surface area contributed by atoms with E-state index in [9.17, 15) is 0 Å². The highest BCUT2D eigenvalue weighted by atomic mass is 35.5. The van der Waals surface area contributed by atoms with Crippen LogP contribution in [0.4, 0.5) is 11.5 Å². The molecule has 0 fully saturated rings. The smallest absolute Gasteiger partial charge is 0.163 e. The Balaban J connectivity index is 1.70. The van der Waals surface area contributed by atoms with Gasteiger partial charge in [-0.15, -0.1) is 0 Å². The molecule has 1 aromatic carbocycles. The number of rotatable bonds is 2. The molecule has 0 spiro atoms. The van der Waals surface area contributed by atoms with E-state index in [1.165, 1.54) is 0 Å². The number of hydrogen-bond donors (Lipinski definition) is 1. The first-order chi connectivity index (χ1) is 10.7. The lowest BCUT2D eigenvalue weighted by atomic mass is 10.2. The van der Waals surface area contributed by atoms with E-state index >= 15 is 0 Å².